The Morgan fingerprint density at radius 1 is 1.09 bits per heavy atom. The Morgan fingerprint density at radius 2 is 1.81 bits per heavy atom. The highest BCUT2D eigenvalue weighted by Crippen LogP contribution is 2.30. The SMILES string of the molecule is C[C@H](NC(=O)C(=O)NCCN(C)C)[C@H](c1cccs1)N1CCN(c2ccccc2F)CC1. The van der Waals surface area contributed by atoms with E-state index in [0.717, 1.165) is 18.0 Å². The van der Waals surface area contributed by atoms with Crippen molar-refractivity contribution in [2.24, 2.45) is 0 Å². The van der Waals surface area contributed by atoms with Gasteiger partial charge in [0.1, 0.15) is 5.82 Å². The fraction of sp³-hybridized carbons (Fsp3) is 0.478. The number of nitrogens with zero attached hydrogens (tertiary/aromatic N) is 3. The number of amides is 2. The summed E-state index contributed by atoms with van der Waals surface area (Å²) in [6.45, 7) is 5.85. The largest absolute Gasteiger partial charge is 0.367 e. The second kappa shape index (κ2) is 11.4. The molecule has 1 aromatic carbocycles. The molecule has 0 bridgehead atoms. The van der Waals surface area contributed by atoms with Gasteiger partial charge < -0.3 is 20.4 Å². The molecule has 2 amide bonds. The molecule has 0 unspecified atom stereocenters. The van der Waals surface area contributed by atoms with Gasteiger partial charge in [0, 0.05) is 50.2 Å². The van der Waals surface area contributed by atoms with Gasteiger partial charge >= 0.3 is 11.8 Å². The van der Waals surface area contributed by atoms with E-state index in [4.69, 9.17) is 0 Å². The van der Waals surface area contributed by atoms with E-state index in [2.05, 4.69) is 26.5 Å². The quantitative estimate of drug-likeness (QED) is 0.588. The second-order valence-electron chi connectivity index (χ2n) is 8.26. The number of carbonyl (C=O) groups excluding carboxylic acids is 2. The van der Waals surface area contributed by atoms with E-state index in [0.29, 0.717) is 31.9 Å². The van der Waals surface area contributed by atoms with Gasteiger partial charge in [0.15, 0.2) is 0 Å². The predicted octanol–water partition coefficient (Wildman–Crippen LogP) is 1.93. The van der Waals surface area contributed by atoms with Gasteiger partial charge in [0.2, 0.25) is 0 Å². The van der Waals surface area contributed by atoms with Gasteiger partial charge in [-0.2, -0.15) is 0 Å². The number of thiophene rings is 1. The first-order valence-electron chi connectivity index (χ1n) is 10.9. The zero-order valence-electron chi connectivity index (χ0n) is 18.9. The zero-order chi connectivity index (χ0) is 23.1. The molecule has 0 saturated carbocycles. The van der Waals surface area contributed by atoms with E-state index in [1.807, 2.05) is 43.4 Å². The summed E-state index contributed by atoms with van der Waals surface area (Å²) in [5.41, 5.74) is 0.621. The zero-order valence-corrected chi connectivity index (χ0v) is 19.7. The van der Waals surface area contributed by atoms with Crippen LogP contribution < -0.4 is 15.5 Å². The van der Waals surface area contributed by atoms with Crippen molar-refractivity contribution in [3.8, 4) is 0 Å². The molecule has 1 fully saturated rings. The summed E-state index contributed by atoms with van der Waals surface area (Å²) >= 11 is 1.63. The van der Waals surface area contributed by atoms with Crippen LogP contribution in [0.3, 0.4) is 0 Å². The molecular formula is C23H32FN5O2S. The first kappa shape index (κ1) is 24.2. The van der Waals surface area contributed by atoms with E-state index in [1.54, 1.807) is 23.5 Å². The van der Waals surface area contributed by atoms with E-state index >= 15 is 0 Å². The molecule has 0 radical (unpaired) electrons. The lowest BCUT2D eigenvalue weighted by molar-refractivity contribution is -0.139. The standard InChI is InChI=1S/C23H32FN5O2S/c1-17(26-23(31)22(30)25-10-11-27(2)3)21(20-9-6-16-32-20)29-14-12-28(13-15-29)19-8-5-4-7-18(19)24/h4-9,16-17,21H,10-15H2,1-3H3,(H,25,30)(H,26,31)/t17-,21+/m0/s1. The number of anilines is 1. The van der Waals surface area contributed by atoms with Crippen LogP contribution in [0.5, 0.6) is 0 Å². The molecule has 1 aliphatic heterocycles. The van der Waals surface area contributed by atoms with E-state index in [9.17, 15) is 14.0 Å². The Kier molecular flexibility index (Phi) is 8.60. The molecule has 1 aliphatic rings. The summed E-state index contributed by atoms with van der Waals surface area (Å²) in [5, 5.41) is 7.55. The van der Waals surface area contributed by atoms with Crippen LogP contribution in [0, 0.1) is 5.82 Å². The summed E-state index contributed by atoms with van der Waals surface area (Å²) in [4.78, 5) is 32.1. The van der Waals surface area contributed by atoms with Crippen LogP contribution in [0.4, 0.5) is 10.1 Å². The highest BCUT2D eigenvalue weighted by atomic mass is 32.1. The summed E-state index contributed by atoms with van der Waals surface area (Å²) in [6.07, 6.45) is 0. The molecule has 7 nitrogen and oxygen atoms in total. The van der Waals surface area contributed by atoms with Gasteiger partial charge in [0.05, 0.1) is 11.7 Å². The van der Waals surface area contributed by atoms with Crippen LogP contribution in [-0.2, 0) is 9.59 Å². The van der Waals surface area contributed by atoms with Gasteiger partial charge in [-0.3, -0.25) is 14.5 Å². The highest BCUT2D eigenvalue weighted by Gasteiger charge is 2.32. The van der Waals surface area contributed by atoms with Crippen LogP contribution in [0.25, 0.3) is 0 Å². The first-order valence-corrected chi connectivity index (χ1v) is 11.7. The molecule has 2 atom stereocenters. The molecule has 32 heavy (non-hydrogen) atoms. The number of para-hydroxylation sites is 1. The summed E-state index contributed by atoms with van der Waals surface area (Å²) < 4.78 is 14.2. The van der Waals surface area contributed by atoms with Gasteiger partial charge in [-0.25, -0.2) is 4.39 Å². The number of hydrogen-bond donors (Lipinski definition) is 2. The van der Waals surface area contributed by atoms with Crippen molar-refractivity contribution >= 4 is 28.8 Å². The number of nitrogens with one attached hydrogen (secondary N) is 2. The van der Waals surface area contributed by atoms with Crippen molar-refractivity contribution in [2.75, 3.05) is 58.3 Å². The highest BCUT2D eigenvalue weighted by molar-refractivity contribution is 7.10. The van der Waals surface area contributed by atoms with Crippen molar-refractivity contribution in [3.05, 3.63) is 52.5 Å². The van der Waals surface area contributed by atoms with Crippen molar-refractivity contribution in [2.45, 2.75) is 19.0 Å². The third-order valence-corrected chi connectivity index (χ3v) is 6.56. The lowest BCUT2D eigenvalue weighted by Gasteiger charge is -2.42. The normalized spacial score (nSPS) is 16.6. The van der Waals surface area contributed by atoms with Crippen LogP contribution in [-0.4, -0.2) is 81.0 Å². The molecule has 0 spiro atoms. The summed E-state index contributed by atoms with van der Waals surface area (Å²) in [5.74, 6) is -1.45. The minimum absolute atomic E-state index is 0.0590. The van der Waals surface area contributed by atoms with Gasteiger partial charge in [-0.1, -0.05) is 18.2 Å². The van der Waals surface area contributed by atoms with Crippen molar-refractivity contribution in [1.29, 1.82) is 0 Å². The molecular weight excluding hydrogens is 429 g/mol. The van der Waals surface area contributed by atoms with Crippen molar-refractivity contribution < 1.29 is 14.0 Å². The Bertz CT molecular complexity index is 884. The molecule has 3 rings (SSSR count). The lowest BCUT2D eigenvalue weighted by Crippen LogP contribution is -2.54. The van der Waals surface area contributed by atoms with E-state index < -0.39 is 11.8 Å². The molecule has 1 saturated heterocycles. The molecule has 174 valence electrons. The fourth-order valence-electron chi connectivity index (χ4n) is 3.98. The summed E-state index contributed by atoms with van der Waals surface area (Å²) in [6, 6.07) is 10.6. The Balaban J connectivity index is 1.63. The second-order valence-corrected chi connectivity index (χ2v) is 9.24. The minimum atomic E-state index is -0.622. The maximum Gasteiger partial charge on any atom is 0.309 e. The maximum atomic E-state index is 14.2. The fourth-order valence-corrected chi connectivity index (χ4v) is 4.94. The number of piperazine rings is 1. The van der Waals surface area contributed by atoms with Crippen LogP contribution >= 0.6 is 11.3 Å². The monoisotopic (exact) mass is 461 g/mol. The average Bonchev–Trinajstić information content (AvgIpc) is 3.28. The number of benzene rings is 1. The van der Waals surface area contributed by atoms with E-state index in [1.165, 1.54) is 6.07 Å². The molecule has 9 heteroatoms. The van der Waals surface area contributed by atoms with Crippen LogP contribution in [0.2, 0.25) is 0 Å². The van der Waals surface area contributed by atoms with Gasteiger partial charge in [-0.05, 0) is 44.6 Å². The van der Waals surface area contributed by atoms with Crippen LogP contribution in [0.15, 0.2) is 41.8 Å². The maximum absolute atomic E-state index is 14.2. The number of carbonyl (C=O) groups is 2. The first-order chi connectivity index (χ1) is 15.4. The molecule has 2 heterocycles. The summed E-state index contributed by atoms with van der Waals surface area (Å²) in [7, 11) is 3.82. The Hall–Kier alpha value is -2.49. The number of rotatable bonds is 8. The minimum Gasteiger partial charge on any atom is -0.367 e. The molecule has 2 N–H and O–H groups in total. The Labute approximate surface area is 193 Å². The van der Waals surface area contributed by atoms with Crippen molar-refractivity contribution in [1.82, 2.24) is 20.4 Å². The topological polar surface area (TPSA) is 67.9 Å². The third-order valence-electron chi connectivity index (χ3n) is 5.62. The third kappa shape index (κ3) is 6.27. The smallest absolute Gasteiger partial charge is 0.309 e. The molecule has 2 aromatic rings. The molecule has 1 aromatic heterocycles. The van der Waals surface area contributed by atoms with Gasteiger partial charge in [-0.15, -0.1) is 11.3 Å². The lowest BCUT2D eigenvalue weighted by atomic mass is 10.0. The predicted molar refractivity (Wildman–Crippen MR) is 126 cm³/mol. The van der Waals surface area contributed by atoms with Crippen molar-refractivity contribution in [3.63, 3.8) is 0 Å². The van der Waals surface area contributed by atoms with Gasteiger partial charge in [0.25, 0.3) is 0 Å². The number of hydrogen-bond acceptors (Lipinski definition) is 6. The average molecular weight is 462 g/mol. The number of likely N-dealkylation sites (N-methyl/N-ethyl adjacent to an activating group) is 1. The van der Waals surface area contributed by atoms with Crippen LogP contribution in [0.1, 0.15) is 17.8 Å². The number of halogens is 1. The van der Waals surface area contributed by atoms with E-state index in [-0.39, 0.29) is 17.9 Å². The Morgan fingerprint density at radius 3 is 2.44 bits per heavy atom. The molecule has 0 aliphatic carbocycles.